The van der Waals surface area contributed by atoms with Crippen LogP contribution in [-0.4, -0.2) is 6.54 Å². The topological polar surface area (TPSA) is 3.24 Å². The molecule has 2 aromatic rings. The number of rotatable bonds is 6. The van der Waals surface area contributed by atoms with Crippen LogP contribution in [0.4, 0.5) is 5.69 Å². The molecule has 118 valence electrons. The second-order valence-corrected chi connectivity index (χ2v) is 6.19. The van der Waals surface area contributed by atoms with Crippen molar-refractivity contribution in [2.45, 2.75) is 32.6 Å². The van der Waals surface area contributed by atoms with Crippen LogP contribution in [0.3, 0.4) is 0 Å². The summed E-state index contributed by atoms with van der Waals surface area (Å²) >= 11 is 0. The summed E-state index contributed by atoms with van der Waals surface area (Å²) in [4.78, 5) is 2.28. The highest BCUT2D eigenvalue weighted by atomic mass is 15.1. The van der Waals surface area contributed by atoms with Crippen LogP contribution in [0.25, 0.3) is 6.08 Å². The van der Waals surface area contributed by atoms with Gasteiger partial charge in [-0.1, -0.05) is 56.0 Å². The first-order chi connectivity index (χ1) is 11.3. The van der Waals surface area contributed by atoms with Crippen molar-refractivity contribution in [3.8, 4) is 0 Å². The smallest absolute Gasteiger partial charge is 0.0410 e. The number of nitrogens with zero attached hydrogens (tertiary/aromatic N) is 1. The van der Waals surface area contributed by atoms with E-state index in [0.717, 1.165) is 18.7 Å². The Morgan fingerprint density at radius 2 is 1.87 bits per heavy atom. The summed E-state index contributed by atoms with van der Waals surface area (Å²) in [6, 6.07) is 17.3. The van der Waals surface area contributed by atoms with Gasteiger partial charge in [-0.05, 0) is 60.6 Å². The maximum atomic E-state index is 4.28. The van der Waals surface area contributed by atoms with E-state index in [1.165, 1.54) is 41.6 Å². The van der Waals surface area contributed by atoms with E-state index < -0.39 is 0 Å². The zero-order chi connectivity index (χ0) is 16.1. The largest absolute Gasteiger partial charge is 0.342 e. The zero-order valence-corrected chi connectivity index (χ0v) is 14.0. The molecule has 3 rings (SSSR count). The Kier molecular flexibility index (Phi) is 4.97. The minimum atomic E-state index is 0.984. The van der Waals surface area contributed by atoms with Crippen molar-refractivity contribution in [3.05, 3.63) is 83.6 Å². The van der Waals surface area contributed by atoms with E-state index in [-0.39, 0.29) is 0 Å². The van der Waals surface area contributed by atoms with Gasteiger partial charge in [-0.15, -0.1) is 0 Å². The molecule has 1 aliphatic rings. The number of benzene rings is 2. The van der Waals surface area contributed by atoms with Gasteiger partial charge in [-0.25, -0.2) is 0 Å². The lowest BCUT2D eigenvalue weighted by Gasteiger charge is -2.24. The van der Waals surface area contributed by atoms with E-state index in [1.54, 1.807) is 0 Å². The number of hydrogen-bond donors (Lipinski definition) is 0. The fraction of sp³-hybridized carbons (Fsp3) is 0.273. The summed E-state index contributed by atoms with van der Waals surface area (Å²) in [5, 5.41) is 0. The maximum absolute atomic E-state index is 4.28. The maximum Gasteiger partial charge on any atom is 0.0410 e. The Morgan fingerprint density at radius 3 is 2.65 bits per heavy atom. The summed E-state index contributed by atoms with van der Waals surface area (Å²) in [5.41, 5.74) is 6.57. The summed E-state index contributed by atoms with van der Waals surface area (Å²) in [6.07, 6.45) is 9.19. The number of allylic oxidation sites excluding steroid dienone is 1. The van der Waals surface area contributed by atoms with E-state index >= 15 is 0 Å². The zero-order valence-electron chi connectivity index (χ0n) is 14.0. The van der Waals surface area contributed by atoms with Crippen LogP contribution in [0.1, 0.15) is 36.5 Å². The van der Waals surface area contributed by atoms with Crippen LogP contribution in [0.2, 0.25) is 0 Å². The van der Waals surface area contributed by atoms with Crippen molar-refractivity contribution in [1.29, 1.82) is 0 Å². The monoisotopic (exact) mass is 303 g/mol. The van der Waals surface area contributed by atoms with Gasteiger partial charge in [-0.2, -0.15) is 0 Å². The van der Waals surface area contributed by atoms with Gasteiger partial charge in [0, 0.05) is 17.9 Å². The molecule has 0 spiro atoms. The van der Waals surface area contributed by atoms with Crippen LogP contribution in [0.15, 0.2) is 66.9 Å². The summed E-state index contributed by atoms with van der Waals surface area (Å²) in [6.45, 7) is 7.46. The lowest BCUT2D eigenvalue weighted by Crippen LogP contribution is -2.21. The van der Waals surface area contributed by atoms with E-state index in [0.29, 0.717) is 0 Å². The van der Waals surface area contributed by atoms with Gasteiger partial charge in [0.2, 0.25) is 0 Å². The molecule has 0 aliphatic heterocycles. The van der Waals surface area contributed by atoms with E-state index in [4.69, 9.17) is 0 Å². The molecular formula is C22H25N. The molecule has 0 amide bonds. The minimum absolute atomic E-state index is 0.984. The van der Waals surface area contributed by atoms with Crippen molar-refractivity contribution >= 4 is 11.8 Å². The van der Waals surface area contributed by atoms with Crippen LogP contribution >= 0.6 is 0 Å². The first-order valence-electron chi connectivity index (χ1n) is 8.59. The van der Waals surface area contributed by atoms with Crippen LogP contribution < -0.4 is 4.90 Å². The third-order valence-corrected chi connectivity index (χ3v) is 4.45. The summed E-state index contributed by atoms with van der Waals surface area (Å²) in [5.74, 6) is 0. The summed E-state index contributed by atoms with van der Waals surface area (Å²) < 4.78 is 0. The van der Waals surface area contributed by atoms with Crippen LogP contribution in [0.5, 0.6) is 0 Å². The first kappa shape index (κ1) is 15.6. The van der Waals surface area contributed by atoms with E-state index in [2.05, 4.69) is 79.1 Å². The third-order valence-electron chi connectivity index (χ3n) is 4.45. The quantitative estimate of drug-likeness (QED) is 0.626. The Morgan fingerprint density at radius 1 is 1.09 bits per heavy atom. The van der Waals surface area contributed by atoms with Crippen LogP contribution in [-0.2, 0) is 12.8 Å². The molecule has 0 heterocycles. The van der Waals surface area contributed by atoms with Crippen molar-refractivity contribution in [2.75, 3.05) is 11.4 Å². The van der Waals surface area contributed by atoms with Gasteiger partial charge in [0.1, 0.15) is 0 Å². The third kappa shape index (κ3) is 3.73. The average molecular weight is 303 g/mol. The molecule has 0 saturated heterocycles. The fourth-order valence-corrected chi connectivity index (χ4v) is 3.25. The lowest BCUT2D eigenvalue weighted by atomic mass is 10.1. The molecule has 0 radical (unpaired) electrons. The second-order valence-electron chi connectivity index (χ2n) is 6.19. The number of fused-ring (bicyclic) bond motifs is 1. The first-order valence-corrected chi connectivity index (χ1v) is 8.59. The Labute approximate surface area is 140 Å². The van der Waals surface area contributed by atoms with Gasteiger partial charge in [0.25, 0.3) is 0 Å². The molecule has 2 aromatic carbocycles. The molecule has 0 fully saturated rings. The fourth-order valence-electron chi connectivity index (χ4n) is 3.25. The molecule has 0 saturated carbocycles. The number of para-hydroxylation sites is 1. The molecule has 1 heteroatoms. The molecule has 0 atom stereocenters. The summed E-state index contributed by atoms with van der Waals surface area (Å²) in [7, 11) is 0. The van der Waals surface area contributed by atoms with Crippen molar-refractivity contribution in [3.63, 3.8) is 0 Å². The van der Waals surface area contributed by atoms with Crippen molar-refractivity contribution < 1.29 is 0 Å². The molecule has 0 unspecified atom stereocenters. The van der Waals surface area contributed by atoms with Gasteiger partial charge in [-0.3, -0.25) is 0 Å². The average Bonchev–Trinajstić information content (AvgIpc) is 3.06. The van der Waals surface area contributed by atoms with Gasteiger partial charge in [0.05, 0.1) is 0 Å². The van der Waals surface area contributed by atoms with E-state index in [9.17, 15) is 0 Å². The van der Waals surface area contributed by atoms with Crippen LogP contribution in [0, 0.1) is 0 Å². The number of hydrogen-bond acceptors (Lipinski definition) is 1. The predicted molar refractivity (Wildman–Crippen MR) is 101 cm³/mol. The second kappa shape index (κ2) is 7.32. The van der Waals surface area contributed by atoms with Gasteiger partial charge in [0.15, 0.2) is 0 Å². The lowest BCUT2D eigenvalue weighted by molar-refractivity contribution is 0.863. The highest BCUT2D eigenvalue weighted by Crippen LogP contribution is 2.24. The van der Waals surface area contributed by atoms with Crippen molar-refractivity contribution in [2.24, 2.45) is 0 Å². The minimum Gasteiger partial charge on any atom is -0.342 e. The molecular weight excluding hydrogens is 278 g/mol. The van der Waals surface area contributed by atoms with Gasteiger partial charge < -0.3 is 4.90 Å². The molecule has 0 bridgehead atoms. The predicted octanol–water partition coefficient (Wildman–Crippen LogP) is 5.62. The number of aryl methyl sites for hydroxylation is 2. The molecule has 0 aromatic heterocycles. The SMILES string of the molecule is C=C(/C=C/c1ccc2c(c1)CCC2)N(CCC)c1ccccc1. The molecule has 1 aliphatic carbocycles. The standard InChI is InChI=1S/C22H25N/c1-3-16-23(22-10-5-4-6-11-22)18(2)12-13-19-14-15-20-8-7-9-21(20)17-19/h4-6,10-15,17H,2-3,7-9,16H2,1H3/b13-12+. The highest BCUT2D eigenvalue weighted by molar-refractivity contribution is 5.60. The Bertz CT molecular complexity index is 697. The number of anilines is 1. The molecule has 23 heavy (non-hydrogen) atoms. The van der Waals surface area contributed by atoms with Gasteiger partial charge >= 0.3 is 0 Å². The molecule has 0 N–H and O–H groups in total. The Hall–Kier alpha value is -2.28. The van der Waals surface area contributed by atoms with Crippen molar-refractivity contribution in [1.82, 2.24) is 0 Å². The molecule has 1 nitrogen and oxygen atoms in total. The normalized spacial score (nSPS) is 13.3. The Balaban J connectivity index is 1.76. The highest BCUT2D eigenvalue weighted by Gasteiger charge is 2.10. The van der Waals surface area contributed by atoms with E-state index in [1.807, 2.05) is 0 Å².